The average Bonchev–Trinajstić information content (AvgIpc) is 2.26. The molecule has 0 aliphatic heterocycles. The van der Waals surface area contributed by atoms with Crippen molar-refractivity contribution in [1.29, 1.82) is 0 Å². The molecule has 0 amide bonds. The summed E-state index contributed by atoms with van der Waals surface area (Å²) in [4.78, 5) is 13.6. The number of para-hydroxylation sites is 1. The van der Waals surface area contributed by atoms with Crippen LogP contribution in [-0.4, -0.2) is 19.4 Å². The molecule has 0 saturated carbocycles. The van der Waals surface area contributed by atoms with Crippen LogP contribution in [0.25, 0.3) is 0 Å². The maximum atomic E-state index is 11.5. The second kappa shape index (κ2) is 5.54. The van der Waals surface area contributed by atoms with Gasteiger partial charge in [0, 0.05) is 31.6 Å². The van der Waals surface area contributed by atoms with E-state index in [2.05, 4.69) is 17.0 Å². The van der Waals surface area contributed by atoms with E-state index in [0.717, 1.165) is 12.2 Å². The maximum absolute atomic E-state index is 11.5. The summed E-state index contributed by atoms with van der Waals surface area (Å²) in [6.07, 6.45) is 0.628. The average molecular weight is 205 g/mol. The lowest BCUT2D eigenvalue weighted by molar-refractivity contribution is -0.121. The highest BCUT2D eigenvalue weighted by molar-refractivity contribution is 5.80. The molecule has 0 heterocycles. The molecule has 1 aromatic rings. The minimum atomic E-state index is 0.147. The number of benzene rings is 1. The van der Waals surface area contributed by atoms with Gasteiger partial charge in [0.25, 0.3) is 0 Å². The highest BCUT2D eigenvalue weighted by atomic mass is 16.1. The molecule has 15 heavy (non-hydrogen) atoms. The van der Waals surface area contributed by atoms with Gasteiger partial charge in [0.2, 0.25) is 0 Å². The fourth-order valence-corrected chi connectivity index (χ4v) is 1.38. The Morgan fingerprint density at radius 2 is 1.87 bits per heavy atom. The smallest absolute Gasteiger partial charge is 0.137 e. The molecule has 82 valence electrons. The Hall–Kier alpha value is -1.31. The van der Waals surface area contributed by atoms with Crippen LogP contribution in [0.1, 0.15) is 20.3 Å². The van der Waals surface area contributed by atoms with Gasteiger partial charge in [-0.25, -0.2) is 0 Å². The Morgan fingerprint density at radius 3 is 2.40 bits per heavy atom. The van der Waals surface area contributed by atoms with Gasteiger partial charge in [0.1, 0.15) is 5.78 Å². The van der Waals surface area contributed by atoms with Crippen molar-refractivity contribution >= 4 is 11.5 Å². The van der Waals surface area contributed by atoms with Crippen molar-refractivity contribution in [1.82, 2.24) is 0 Å². The number of hydrogen-bond acceptors (Lipinski definition) is 2. The fraction of sp³-hybridized carbons (Fsp3) is 0.462. The quantitative estimate of drug-likeness (QED) is 0.736. The highest BCUT2D eigenvalue weighted by Gasteiger charge is 2.08. The molecule has 0 saturated heterocycles. The Morgan fingerprint density at radius 1 is 1.27 bits per heavy atom. The molecule has 0 aromatic heterocycles. The van der Waals surface area contributed by atoms with Crippen molar-refractivity contribution in [2.75, 3.05) is 18.5 Å². The lowest BCUT2D eigenvalue weighted by atomic mass is 10.1. The van der Waals surface area contributed by atoms with Crippen LogP contribution in [0.5, 0.6) is 0 Å². The van der Waals surface area contributed by atoms with E-state index >= 15 is 0 Å². The summed E-state index contributed by atoms with van der Waals surface area (Å²) in [5.74, 6) is 0.479. The number of Topliss-reactive ketones (excluding diaryl/α,β-unsaturated/α-hetero) is 1. The number of carbonyl (C=O) groups excluding carboxylic acids is 1. The molecule has 2 nitrogen and oxygen atoms in total. The van der Waals surface area contributed by atoms with E-state index in [1.807, 2.05) is 39.1 Å². The number of ketones is 1. The number of carbonyl (C=O) groups is 1. The van der Waals surface area contributed by atoms with Crippen molar-refractivity contribution in [2.45, 2.75) is 20.3 Å². The lowest BCUT2D eigenvalue weighted by Gasteiger charge is -2.19. The zero-order valence-corrected chi connectivity index (χ0v) is 9.73. The molecule has 0 N–H and O–H groups in total. The Kier molecular flexibility index (Phi) is 4.35. The molecular weight excluding hydrogens is 186 g/mol. The first kappa shape index (κ1) is 11.8. The molecule has 1 aromatic carbocycles. The van der Waals surface area contributed by atoms with E-state index in [1.165, 1.54) is 0 Å². The van der Waals surface area contributed by atoms with Crippen LogP contribution in [-0.2, 0) is 4.79 Å². The van der Waals surface area contributed by atoms with E-state index < -0.39 is 0 Å². The van der Waals surface area contributed by atoms with Gasteiger partial charge < -0.3 is 4.90 Å². The predicted octanol–water partition coefficient (Wildman–Crippen LogP) is 2.74. The van der Waals surface area contributed by atoms with Gasteiger partial charge in [-0.05, 0) is 12.1 Å². The van der Waals surface area contributed by atoms with Crippen LogP contribution in [0.2, 0.25) is 0 Å². The van der Waals surface area contributed by atoms with Gasteiger partial charge in [-0.3, -0.25) is 4.79 Å². The molecule has 1 rings (SSSR count). The Bertz CT molecular complexity index is 306. The van der Waals surface area contributed by atoms with E-state index in [9.17, 15) is 4.79 Å². The molecule has 0 bridgehead atoms. The maximum Gasteiger partial charge on any atom is 0.137 e. The summed E-state index contributed by atoms with van der Waals surface area (Å²) >= 11 is 0. The van der Waals surface area contributed by atoms with Crippen molar-refractivity contribution in [2.24, 2.45) is 5.92 Å². The standard InChI is InChI=1S/C13H19NO/c1-11(2)13(15)9-10-14(3)12-7-5-4-6-8-12/h4-8,11H,9-10H2,1-3H3. The summed E-state index contributed by atoms with van der Waals surface area (Å²) in [6, 6.07) is 10.1. The van der Waals surface area contributed by atoms with E-state index in [4.69, 9.17) is 0 Å². The zero-order valence-electron chi connectivity index (χ0n) is 9.73. The van der Waals surface area contributed by atoms with E-state index in [-0.39, 0.29) is 5.92 Å². The minimum Gasteiger partial charge on any atom is -0.374 e. The van der Waals surface area contributed by atoms with E-state index in [1.54, 1.807) is 0 Å². The number of hydrogen-bond donors (Lipinski definition) is 0. The van der Waals surface area contributed by atoms with Gasteiger partial charge in [0.05, 0.1) is 0 Å². The van der Waals surface area contributed by atoms with E-state index in [0.29, 0.717) is 12.2 Å². The number of nitrogens with zero attached hydrogens (tertiary/aromatic N) is 1. The van der Waals surface area contributed by atoms with Gasteiger partial charge in [-0.1, -0.05) is 32.0 Å². The summed E-state index contributed by atoms with van der Waals surface area (Å²) in [7, 11) is 2.02. The molecule has 0 spiro atoms. The SMILES string of the molecule is CC(C)C(=O)CCN(C)c1ccccc1. The van der Waals surface area contributed by atoms with Crippen LogP contribution in [0.4, 0.5) is 5.69 Å². The van der Waals surface area contributed by atoms with Crippen LogP contribution >= 0.6 is 0 Å². The zero-order chi connectivity index (χ0) is 11.3. The first-order valence-corrected chi connectivity index (χ1v) is 5.40. The van der Waals surface area contributed by atoms with Gasteiger partial charge >= 0.3 is 0 Å². The second-order valence-corrected chi connectivity index (χ2v) is 4.13. The molecule has 2 heteroatoms. The normalized spacial score (nSPS) is 10.4. The fourth-order valence-electron chi connectivity index (χ4n) is 1.38. The van der Waals surface area contributed by atoms with Gasteiger partial charge in [-0.15, -0.1) is 0 Å². The van der Waals surface area contributed by atoms with Crippen molar-refractivity contribution in [3.8, 4) is 0 Å². The Labute approximate surface area is 91.9 Å². The Balaban J connectivity index is 2.44. The first-order chi connectivity index (χ1) is 7.11. The molecule has 0 fully saturated rings. The minimum absolute atomic E-state index is 0.147. The second-order valence-electron chi connectivity index (χ2n) is 4.13. The van der Waals surface area contributed by atoms with Gasteiger partial charge in [0.15, 0.2) is 0 Å². The van der Waals surface area contributed by atoms with Crippen molar-refractivity contribution < 1.29 is 4.79 Å². The summed E-state index contributed by atoms with van der Waals surface area (Å²) in [6.45, 7) is 4.69. The molecule has 0 aliphatic rings. The predicted molar refractivity (Wildman–Crippen MR) is 64.2 cm³/mol. The highest BCUT2D eigenvalue weighted by Crippen LogP contribution is 2.11. The van der Waals surface area contributed by atoms with Crippen LogP contribution in [0, 0.1) is 5.92 Å². The molecular formula is C13H19NO. The third-order valence-electron chi connectivity index (χ3n) is 2.53. The van der Waals surface area contributed by atoms with Crippen LogP contribution < -0.4 is 4.90 Å². The van der Waals surface area contributed by atoms with Crippen LogP contribution in [0.15, 0.2) is 30.3 Å². The third-order valence-corrected chi connectivity index (χ3v) is 2.53. The number of rotatable bonds is 5. The van der Waals surface area contributed by atoms with Crippen LogP contribution in [0.3, 0.4) is 0 Å². The largest absolute Gasteiger partial charge is 0.374 e. The lowest BCUT2D eigenvalue weighted by Crippen LogP contribution is -2.22. The summed E-state index contributed by atoms with van der Waals surface area (Å²) in [5.41, 5.74) is 1.16. The first-order valence-electron chi connectivity index (χ1n) is 5.40. The molecule has 0 atom stereocenters. The van der Waals surface area contributed by atoms with Crippen molar-refractivity contribution in [3.05, 3.63) is 30.3 Å². The summed E-state index contributed by atoms with van der Waals surface area (Å²) < 4.78 is 0. The molecule has 0 unspecified atom stereocenters. The number of anilines is 1. The monoisotopic (exact) mass is 205 g/mol. The molecule has 0 radical (unpaired) electrons. The molecule has 0 aliphatic carbocycles. The topological polar surface area (TPSA) is 20.3 Å². The van der Waals surface area contributed by atoms with Crippen molar-refractivity contribution in [3.63, 3.8) is 0 Å². The van der Waals surface area contributed by atoms with Gasteiger partial charge in [-0.2, -0.15) is 0 Å². The summed E-state index contributed by atoms with van der Waals surface area (Å²) in [5, 5.41) is 0. The third kappa shape index (κ3) is 3.74.